The van der Waals surface area contributed by atoms with Gasteiger partial charge in [-0.1, -0.05) is 42.5 Å². The Balaban J connectivity index is 1.43. The van der Waals surface area contributed by atoms with Gasteiger partial charge >= 0.3 is 6.09 Å². The smallest absolute Gasteiger partial charge is 0.411 e. The SMILES string of the molecule is COc1cc(NC(=O)CCc2ccc(-c3ccccc3)c(NC(=O)OC3CC[N+](C)(C)CC3)c2)ccc1C=O. The highest BCUT2D eigenvalue weighted by Crippen LogP contribution is 2.30. The monoisotopic (exact) mass is 530 g/mol. The van der Waals surface area contributed by atoms with Crippen molar-refractivity contribution in [2.75, 3.05) is 44.9 Å². The van der Waals surface area contributed by atoms with Crippen molar-refractivity contribution in [2.45, 2.75) is 31.8 Å². The molecule has 1 heterocycles. The molecule has 1 saturated heterocycles. The lowest BCUT2D eigenvalue weighted by Crippen LogP contribution is -2.48. The van der Waals surface area contributed by atoms with Crippen molar-refractivity contribution in [1.29, 1.82) is 0 Å². The summed E-state index contributed by atoms with van der Waals surface area (Å²) in [6, 6.07) is 20.6. The molecule has 0 spiro atoms. The van der Waals surface area contributed by atoms with Gasteiger partial charge in [0.1, 0.15) is 11.9 Å². The van der Waals surface area contributed by atoms with Crippen LogP contribution in [0, 0.1) is 0 Å². The molecule has 3 aromatic carbocycles. The molecule has 8 heteroatoms. The van der Waals surface area contributed by atoms with E-state index in [1.54, 1.807) is 18.2 Å². The molecule has 0 bridgehead atoms. The summed E-state index contributed by atoms with van der Waals surface area (Å²) in [5.74, 6) is 0.230. The van der Waals surface area contributed by atoms with Crippen LogP contribution in [0.5, 0.6) is 5.75 Å². The third kappa shape index (κ3) is 7.67. The molecule has 1 aliphatic rings. The van der Waals surface area contributed by atoms with Crippen LogP contribution in [0.25, 0.3) is 11.1 Å². The van der Waals surface area contributed by atoms with Crippen LogP contribution in [-0.2, 0) is 16.0 Å². The van der Waals surface area contributed by atoms with E-state index < -0.39 is 6.09 Å². The van der Waals surface area contributed by atoms with E-state index in [2.05, 4.69) is 24.7 Å². The Morgan fingerprint density at radius 2 is 1.72 bits per heavy atom. The molecule has 4 rings (SSSR count). The quantitative estimate of drug-likeness (QED) is 0.280. The fourth-order valence-electron chi connectivity index (χ4n) is 4.74. The van der Waals surface area contributed by atoms with Crippen LogP contribution < -0.4 is 15.4 Å². The minimum absolute atomic E-state index is 0.0950. The number of hydrogen-bond donors (Lipinski definition) is 2. The molecule has 1 fully saturated rings. The fourth-order valence-corrected chi connectivity index (χ4v) is 4.74. The molecular formula is C31H36N3O5+. The van der Waals surface area contributed by atoms with Crippen molar-refractivity contribution in [2.24, 2.45) is 0 Å². The molecular weight excluding hydrogens is 494 g/mol. The van der Waals surface area contributed by atoms with Crippen molar-refractivity contribution < 1.29 is 28.3 Å². The number of aryl methyl sites for hydroxylation is 1. The second kappa shape index (κ2) is 12.6. The molecule has 3 aromatic rings. The van der Waals surface area contributed by atoms with Crippen LogP contribution in [0.3, 0.4) is 0 Å². The van der Waals surface area contributed by atoms with E-state index in [1.807, 2.05) is 48.5 Å². The number of ether oxygens (including phenoxy) is 2. The molecule has 0 saturated carbocycles. The zero-order valence-corrected chi connectivity index (χ0v) is 22.7. The zero-order valence-electron chi connectivity index (χ0n) is 22.7. The number of methoxy groups -OCH3 is 1. The van der Waals surface area contributed by atoms with E-state index in [-0.39, 0.29) is 18.4 Å². The minimum Gasteiger partial charge on any atom is -0.496 e. The van der Waals surface area contributed by atoms with Crippen molar-refractivity contribution in [3.63, 3.8) is 0 Å². The predicted octanol–water partition coefficient (Wildman–Crippen LogP) is 5.53. The molecule has 204 valence electrons. The molecule has 0 unspecified atom stereocenters. The number of nitrogens with zero attached hydrogens (tertiary/aromatic N) is 1. The first kappa shape index (κ1) is 27.9. The maximum absolute atomic E-state index is 12.9. The number of amides is 2. The Hall–Kier alpha value is -4.17. The predicted molar refractivity (Wildman–Crippen MR) is 152 cm³/mol. The van der Waals surface area contributed by atoms with Gasteiger partial charge in [0.2, 0.25) is 5.91 Å². The van der Waals surface area contributed by atoms with Crippen molar-refractivity contribution in [1.82, 2.24) is 0 Å². The molecule has 0 radical (unpaired) electrons. The van der Waals surface area contributed by atoms with Gasteiger partial charge in [0, 0.05) is 36.6 Å². The van der Waals surface area contributed by atoms with Gasteiger partial charge in [-0.15, -0.1) is 0 Å². The molecule has 39 heavy (non-hydrogen) atoms. The topological polar surface area (TPSA) is 93.7 Å². The first-order valence-corrected chi connectivity index (χ1v) is 13.2. The molecule has 0 aromatic heterocycles. The van der Waals surface area contributed by atoms with Crippen LogP contribution in [0.15, 0.2) is 66.7 Å². The lowest BCUT2D eigenvalue weighted by Gasteiger charge is -2.36. The van der Waals surface area contributed by atoms with Gasteiger partial charge in [0.15, 0.2) is 6.29 Å². The summed E-state index contributed by atoms with van der Waals surface area (Å²) in [7, 11) is 5.85. The lowest BCUT2D eigenvalue weighted by atomic mass is 9.99. The van der Waals surface area contributed by atoms with Crippen LogP contribution in [0.2, 0.25) is 0 Å². The maximum Gasteiger partial charge on any atom is 0.411 e. The maximum atomic E-state index is 12.9. The average Bonchev–Trinajstić information content (AvgIpc) is 2.93. The molecule has 2 amide bonds. The van der Waals surface area contributed by atoms with E-state index >= 15 is 0 Å². The fraction of sp³-hybridized carbons (Fsp3) is 0.323. The standard InChI is InChI=1S/C31H35N3O5/c1-34(2)17-15-26(16-18-34)39-31(37)33-28-19-22(9-13-27(28)23-7-5-4-6-8-23)10-14-30(36)32-25-12-11-24(21-35)29(20-25)38-3/h4-9,11-13,19-21,26H,10,14-18H2,1-3H3,(H-,32,33,35,36,37)/p+1. The van der Waals surface area contributed by atoms with Crippen molar-refractivity contribution >= 4 is 29.7 Å². The van der Waals surface area contributed by atoms with Crippen LogP contribution in [-0.4, -0.2) is 63.2 Å². The van der Waals surface area contributed by atoms with E-state index in [0.29, 0.717) is 35.4 Å². The second-order valence-electron chi connectivity index (χ2n) is 10.5. The number of rotatable bonds is 9. The Labute approximate surface area is 229 Å². The highest BCUT2D eigenvalue weighted by Gasteiger charge is 2.28. The van der Waals surface area contributed by atoms with Gasteiger partial charge in [0.25, 0.3) is 0 Å². The number of nitrogens with one attached hydrogen (secondary N) is 2. The van der Waals surface area contributed by atoms with E-state index in [4.69, 9.17) is 9.47 Å². The molecule has 0 atom stereocenters. The number of piperidine rings is 1. The van der Waals surface area contributed by atoms with Crippen LogP contribution in [0.1, 0.15) is 35.2 Å². The van der Waals surface area contributed by atoms with Crippen molar-refractivity contribution in [3.8, 4) is 16.9 Å². The largest absolute Gasteiger partial charge is 0.496 e. The number of aldehydes is 1. The average molecular weight is 531 g/mol. The van der Waals surface area contributed by atoms with Crippen LogP contribution in [0.4, 0.5) is 16.2 Å². The highest BCUT2D eigenvalue weighted by atomic mass is 16.6. The third-order valence-corrected chi connectivity index (χ3v) is 7.08. The summed E-state index contributed by atoms with van der Waals surface area (Å²) < 4.78 is 11.9. The Morgan fingerprint density at radius 1 is 0.974 bits per heavy atom. The summed E-state index contributed by atoms with van der Waals surface area (Å²) in [4.78, 5) is 36.6. The van der Waals surface area contributed by atoms with Gasteiger partial charge in [0.05, 0.1) is 45.5 Å². The van der Waals surface area contributed by atoms with E-state index in [9.17, 15) is 14.4 Å². The van der Waals surface area contributed by atoms with E-state index in [0.717, 1.165) is 47.1 Å². The number of quaternary nitrogens is 1. The third-order valence-electron chi connectivity index (χ3n) is 7.08. The van der Waals surface area contributed by atoms with E-state index in [1.165, 1.54) is 7.11 Å². The summed E-state index contributed by atoms with van der Waals surface area (Å²) in [5.41, 5.74) is 4.37. The molecule has 2 N–H and O–H groups in total. The normalized spacial score (nSPS) is 14.7. The van der Waals surface area contributed by atoms with Crippen LogP contribution >= 0.6 is 0 Å². The Morgan fingerprint density at radius 3 is 2.41 bits per heavy atom. The van der Waals surface area contributed by atoms with Gasteiger partial charge in [-0.05, 0) is 35.7 Å². The summed E-state index contributed by atoms with van der Waals surface area (Å²) in [6.45, 7) is 1.94. The number of hydrogen-bond acceptors (Lipinski definition) is 5. The number of likely N-dealkylation sites (tertiary alicyclic amines) is 1. The molecule has 8 nitrogen and oxygen atoms in total. The number of anilines is 2. The second-order valence-corrected chi connectivity index (χ2v) is 10.5. The number of carbonyl (C=O) groups excluding carboxylic acids is 3. The number of benzene rings is 3. The molecule has 0 aliphatic carbocycles. The van der Waals surface area contributed by atoms with Crippen molar-refractivity contribution in [3.05, 3.63) is 77.9 Å². The lowest BCUT2D eigenvalue weighted by molar-refractivity contribution is -0.896. The minimum atomic E-state index is -0.466. The first-order chi connectivity index (χ1) is 18.8. The van der Waals surface area contributed by atoms with Gasteiger partial charge < -0.3 is 19.3 Å². The van der Waals surface area contributed by atoms with Gasteiger partial charge in [-0.2, -0.15) is 0 Å². The summed E-state index contributed by atoms with van der Waals surface area (Å²) in [6.07, 6.45) is 2.54. The summed E-state index contributed by atoms with van der Waals surface area (Å²) >= 11 is 0. The van der Waals surface area contributed by atoms with Gasteiger partial charge in [-0.3, -0.25) is 14.9 Å². The summed E-state index contributed by atoms with van der Waals surface area (Å²) in [5, 5.41) is 5.81. The Bertz CT molecular complexity index is 1310. The highest BCUT2D eigenvalue weighted by molar-refractivity contribution is 5.93. The first-order valence-electron chi connectivity index (χ1n) is 13.2. The van der Waals surface area contributed by atoms with Gasteiger partial charge in [-0.25, -0.2) is 4.79 Å². The Kier molecular flexibility index (Phi) is 8.99. The number of carbonyl (C=O) groups is 3. The zero-order chi connectivity index (χ0) is 27.8. The molecule has 1 aliphatic heterocycles.